The van der Waals surface area contributed by atoms with Crippen LogP contribution >= 0.6 is 0 Å². The molecule has 3 N–H and O–H groups in total. The monoisotopic (exact) mass is 237 g/mol. The number of nitrogens with one attached hydrogen (secondary N) is 1. The van der Waals surface area contributed by atoms with Gasteiger partial charge in [0.1, 0.15) is 0 Å². The summed E-state index contributed by atoms with van der Waals surface area (Å²) in [6, 6.07) is 10.4. The van der Waals surface area contributed by atoms with Gasteiger partial charge in [0.15, 0.2) is 0 Å². The molecule has 3 heteroatoms. The van der Waals surface area contributed by atoms with Gasteiger partial charge in [0, 0.05) is 6.54 Å². The van der Waals surface area contributed by atoms with Crippen molar-refractivity contribution in [1.82, 2.24) is 5.32 Å². The average molecular weight is 237 g/mol. The molecule has 0 radical (unpaired) electrons. The third-order valence-electron chi connectivity index (χ3n) is 2.97. The van der Waals surface area contributed by atoms with Crippen molar-refractivity contribution in [2.24, 2.45) is 0 Å². The van der Waals surface area contributed by atoms with Crippen LogP contribution in [0.15, 0.2) is 30.3 Å². The van der Waals surface area contributed by atoms with Gasteiger partial charge in [-0.1, -0.05) is 37.3 Å². The van der Waals surface area contributed by atoms with Crippen molar-refractivity contribution in [2.75, 3.05) is 19.7 Å². The van der Waals surface area contributed by atoms with Crippen molar-refractivity contribution in [1.29, 1.82) is 0 Å². The maximum absolute atomic E-state index is 9.59. The van der Waals surface area contributed by atoms with Gasteiger partial charge in [0.2, 0.25) is 0 Å². The van der Waals surface area contributed by atoms with E-state index in [1.54, 1.807) is 6.92 Å². The second-order valence-corrected chi connectivity index (χ2v) is 4.93. The summed E-state index contributed by atoms with van der Waals surface area (Å²) in [4.78, 5) is 0. The summed E-state index contributed by atoms with van der Waals surface area (Å²) in [5, 5.41) is 21.7. The topological polar surface area (TPSA) is 52.5 Å². The minimum absolute atomic E-state index is 0.214. The second-order valence-electron chi connectivity index (χ2n) is 4.93. The molecule has 0 saturated heterocycles. The Morgan fingerprint density at radius 1 is 1.29 bits per heavy atom. The molecule has 0 amide bonds. The average Bonchev–Trinajstić information content (AvgIpc) is 2.35. The molecule has 1 aromatic carbocycles. The van der Waals surface area contributed by atoms with E-state index in [-0.39, 0.29) is 6.61 Å². The zero-order chi connectivity index (χ0) is 12.7. The molecular formula is C14H23NO2. The Morgan fingerprint density at radius 2 is 1.94 bits per heavy atom. The van der Waals surface area contributed by atoms with E-state index in [1.165, 1.54) is 5.56 Å². The highest BCUT2D eigenvalue weighted by Gasteiger charge is 2.17. The van der Waals surface area contributed by atoms with E-state index < -0.39 is 5.60 Å². The van der Waals surface area contributed by atoms with E-state index in [9.17, 15) is 5.11 Å². The Labute approximate surface area is 103 Å². The Bertz CT molecular complexity index is 311. The van der Waals surface area contributed by atoms with Crippen LogP contribution in [0.4, 0.5) is 0 Å². The molecule has 0 heterocycles. The first-order chi connectivity index (χ1) is 8.05. The summed E-state index contributed by atoms with van der Waals surface area (Å²) in [5.74, 6) is 0.503. The number of hydrogen-bond donors (Lipinski definition) is 3. The van der Waals surface area contributed by atoms with Gasteiger partial charge in [-0.25, -0.2) is 0 Å². The van der Waals surface area contributed by atoms with Gasteiger partial charge in [-0.15, -0.1) is 0 Å². The van der Waals surface area contributed by atoms with Crippen LogP contribution in [0.2, 0.25) is 0 Å². The third kappa shape index (κ3) is 5.31. The second kappa shape index (κ2) is 6.74. The molecule has 0 aliphatic rings. The molecule has 0 aliphatic heterocycles. The lowest BCUT2D eigenvalue weighted by Crippen LogP contribution is -2.41. The van der Waals surface area contributed by atoms with Gasteiger partial charge in [-0.3, -0.25) is 0 Å². The van der Waals surface area contributed by atoms with Crippen LogP contribution in [0.25, 0.3) is 0 Å². The minimum Gasteiger partial charge on any atom is -0.393 e. The summed E-state index contributed by atoms with van der Waals surface area (Å²) < 4.78 is 0. The minimum atomic E-state index is -1.02. The molecule has 96 valence electrons. The van der Waals surface area contributed by atoms with Crippen molar-refractivity contribution < 1.29 is 10.2 Å². The van der Waals surface area contributed by atoms with Crippen LogP contribution in [-0.2, 0) is 0 Å². The fourth-order valence-electron chi connectivity index (χ4n) is 1.68. The highest BCUT2D eigenvalue weighted by molar-refractivity contribution is 5.18. The van der Waals surface area contributed by atoms with E-state index in [4.69, 9.17) is 5.11 Å². The number of hydrogen-bond acceptors (Lipinski definition) is 3. The van der Waals surface area contributed by atoms with Crippen LogP contribution in [0.3, 0.4) is 0 Å². The molecule has 0 bridgehead atoms. The first kappa shape index (κ1) is 14.2. The molecule has 0 spiro atoms. The Balaban J connectivity index is 2.24. The number of benzene rings is 1. The quantitative estimate of drug-likeness (QED) is 0.630. The fraction of sp³-hybridized carbons (Fsp3) is 0.571. The number of aliphatic hydroxyl groups excluding tert-OH is 1. The molecular weight excluding hydrogens is 214 g/mol. The number of aliphatic hydroxyl groups is 2. The summed E-state index contributed by atoms with van der Waals surface area (Å²) >= 11 is 0. The van der Waals surface area contributed by atoms with Crippen molar-refractivity contribution in [3.05, 3.63) is 35.9 Å². The SMILES string of the molecule is CC(CCNCC(C)(O)CO)c1ccccc1. The normalized spacial score (nSPS) is 16.5. The van der Waals surface area contributed by atoms with E-state index in [0.29, 0.717) is 12.5 Å². The van der Waals surface area contributed by atoms with Crippen molar-refractivity contribution >= 4 is 0 Å². The van der Waals surface area contributed by atoms with E-state index >= 15 is 0 Å². The van der Waals surface area contributed by atoms with Gasteiger partial charge < -0.3 is 15.5 Å². The zero-order valence-electron chi connectivity index (χ0n) is 10.7. The predicted molar refractivity (Wildman–Crippen MR) is 70.1 cm³/mol. The molecule has 0 saturated carbocycles. The van der Waals surface area contributed by atoms with E-state index in [0.717, 1.165) is 13.0 Å². The van der Waals surface area contributed by atoms with Crippen LogP contribution in [0.5, 0.6) is 0 Å². The van der Waals surface area contributed by atoms with Gasteiger partial charge in [-0.05, 0) is 31.4 Å². The highest BCUT2D eigenvalue weighted by atomic mass is 16.3. The maximum atomic E-state index is 9.59. The lowest BCUT2D eigenvalue weighted by molar-refractivity contribution is 0.00282. The van der Waals surface area contributed by atoms with Gasteiger partial charge in [0.05, 0.1) is 12.2 Å². The summed E-state index contributed by atoms with van der Waals surface area (Å²) in [6.07, 6.45) is 1.02. The molecule has 0 aromatic heterocycles. The Kier molecular flexibility index (Phi) is 5.62. The maximum Gasteiger partial charge on any atom is 0.0972 e. The third-order valence-corrected chi connectivity index (χ3v) is 2.97. The van der Waals surface area contributed by atoms with E-state index in [1.807, 2.05) is 6.07 Å². The molecule has 0 fully saturated rings. The molecule has 2 atom stereocenters. The van der Waals surface area contributed by atoms with Crippen LogP contribution in [0.1, 0.15) is 31.7 Å². The lowest BCUT2D eigenvalue weighted by atomic mass is 9.98. The summed E-state index contributed by atoms with van der Waals surface area (Å²) in [6.45, 7) is 4.87. The molecule has 17 heavy (non-hydrogen) atoms. The summed E-state index contributed by atoms with van der Waals surface area (Å²) in [5.41, 5.74) is 0.318. The predicted octanol–water partition coefficient (Wildman–Crippen LogP) is 1.51. The van der Waals surface area contributed by atoms with Gasteiger partial charge >= 0.3 is 0 Å². The first-order valence-electron chi connectivity index (χ1n) is 6.14. The Morgan fingerprint density at radius 3 is 2.53 bits per heavy atom. The number of rotatable bonds is 7. The molecule has 1 aromatic rings. The van der Waals surface area contributed by atoms with Crippen LogP contribution in [0, 0.1) is 0 Å². The standard InChI is InChI=1S/C14H23NO2/c1-12(13-6-4-3-5-7-13)8-9-15-10-14(2,17)11-16/h3-7,12,15-17H,8-11H2,1-2H3. The van der Waals surface area contributed by atoms with Crippen LogP contribution in [-0.4, -0.2) is 35.5 Å². The van der Waals surface area contributed by atoms with Crippen molar-refractivity contribution in [3.63, 3.8) is 0 Å². The Hall–Kier alpha value is -0.900. The smallest absolute Gasteiger partial charge is 0.0972 e. The van der Waals surface area contributed by atoms with E-state index in [2.05, 4.69) is 36.5 Å². The first-order valence-corrected chi connectivity index (χ1v) is 6.14. The molecule has 2 unspecified atom stereocenters. The summed E-state index contributed by atoms with van der Waals surface area (Å²) in [7, 11) is 0. The van der Waals surface area contributed by atoms with Gasteiger partial charge in [0.25, 0.3) is 0 Å². The highest BCUT2D eigenvalue weighted by Crippen LogP contribution is 2.17. The van der Waals surface area contributed by atoms with Crippen molar-refractivity contribution in [2.45, 2.75) is 31.8 Å². The lowest BCUT2D eigenvalue weighted by Gasteiger charge is -2.21. The molecule has 3 nitrogen and oxygen atoms in total. The molecule has 0 aliphatic carbocycles. The van der Waals surface area contributed by atoms with Crippen LogP contribution < -0.4 is 5.32 Å². The molecule has 1 rings (SSSR count). The van der Waals surface area contributed by atoms with Gasteiger partial charge in [-0.2, -0.15) is 0 Å². The van der Waals surface area contributed by atoms with Crippen molar-refractivity contribution in [3.8, 4) is 0 Å². The largest absolute Gasteiger partial charge is 0.393 e. The zero-order valence-corrected chi connectivity index (χ0v) is 10.7. The fourth-order valence-corrected chi connectivity index (χ4v) is 1.68.